The number of nitrogens with one attached hydrogen (secondary N) is 1. The average molecular weight is 300 g/mol. The number of nitrogens with zero attached hydrogens (tertiary/aromatic N) is 3. The molecule has 2 aromatic rings. The normalized spacial score (nSPS) is 11.2. The lowest BCUT2D eigenvalue weighted by atomic mass is 10.1. The van der Waals surface area contributed by atoms with Gasteiger partial charge in [-0.05, 0) is 12.1 Å². The molecule has 0 saturated carbocycles. The number of aromatic nitrogens is 3. The lowest BCUT2D eigenvalue weighted by Gasteiger charge is -2.11. The number of benzene rings is 1. The molecule has 0 atom stereocenters. The zero-order valence-corrected chi connectivity index (χ0v) is 10.9. The molecule has 1 aromatic heterocycles. The monoisotopic (exact) mass is 300 g/mol. The standard InChI is InChI=1S/C12H11F3N4O2/c1-19-7-16-18-10(19)8-4-2-3-5-9(8)17-11(20)21-6-12(13,14)15/h2-5,7H,6H2,1H3,(H,17,20). The van der Waals surface area contributed by atoms with Crippen LogP contribution in [-0.4, -0.2) is 33.6 Å². The highest BCUT2D eigenvalue weighted by Crippen LogP contribution is 2.25. The molecule has 1 N–H and O–H groups in total. The van der Waals surface area contributed by atoms with E-state index in [-0.39, 0.29) is 5.69 Å². The first-order valence-electron chi connectivity index (χ1n) is 5.81. The van der Waals surface area contributed by atoms with Gasteiger partial charge < -0.3 is 9.30 Å². The Morgan fingerprint density at radius 1 is 1.38 bits per heavy atom. The van der Waals surface area contributed by atoms with E-state index in [0.29, 0.717) is 11.4 Å². The van der Waals surface area contributed by atoms with Crippen LogP contribution in [0.3, 0.4) is 0 Å². The number of halogens is 3. The van der Waals surface area contributed by atoms with Crippen LogP contribution < -0.4 is 5.32 Å². The molecular formula is C12H11F3N4O2. The summed E-state index contributed by atoms with van der Waals surface area (Å²) in [6.07, 6.45) is -4.30. The van der Waals surface area contributed by atoms with Crippen molar-refractivity contribution in [3.8, 4) is 11.4 Å². The largest absolute Gasteiger partial charge is 0.440 e. The van der Waals surface area contributed by atoms with Gasteiger partial charge in [-0.25, -0.2) is 4.79 Å². The molecule has 0 aliphatic rings. The number of hydrogen-bond donors (Lipinski definition) is 1. The number of ether oxygens (including phenoxy) is 1. The third-order valence-electron chi connectivity index (χ3n) is 2.48. The zero-order chi connectivity index (χ0) is 15.5. The first kappa shape index (κ1) is 14.8. The van der Waals surface area contributed by atoms with Crippen LogP contribution in [-0.2, 0) is 11.8 Å². The molecule has 0 aliphatic carbocycles. The van der Waals surface area contributed by atoms with E-state index in [2.05, 4.69) is 20.3 Å². The molecule has 0 spiro atoms. The fourth-order valence-corrected chi connectivity index (χ4v) is 1.61. The first-order valence-corrected chi connectivity index (χ1v) is 5.81. The number of rotatable bonds is 3. The summed E-state index contributed by atoms with van der Waals surface area (Å²) in [5.41, 5.74) is 0.794. The van der Waals surface area contributed by atoms with Gasteiger partial charge in [-0.15, -0.1) is 10.2 Å². The van der Waals surface area contributed by atoms with E-state index in [1.54, 1.807) is 29.8 Å². The van der Waals surface area contributed by atoms with Crippen molar-refractivity contribution in [3.05, 3.63) is 30.6 Å². The summed E-state index contributed by atoms with van der Waals surface area (Å²) in [5.74, 6) is 0.460. The van der Waals surface area contributed by atoms with Gasteiger partial charge in [0.25, 0.3) is 0 Å². The number of carbonyl (C=O) groups is 1. The quantitative estimate of drug-likeness (QED) is 0.946. The maximum atomic E-state index is 12.0. The number of anilines is 1. The summed E-state index contributed by atoms with van der Waals surface area (Å²) in [6.45, 7) is -1.65. The van der Waals surface area contributed by atoms with Crippen molar-refractivity contribution in [1.82, 2.24) is 14.8 Å². The number of para-hydroxylation sites is 1. The van der Waals surface area contributed by atoms with Gasteiger partial charge in [0.2, 0.25) is 0 Å². The van der Waals surface area contributed by atoms with Gasteiger partial charge in [0.05, 0.1) is 5.69 Å². The summed E-state index contributed by atoms with van der Waals surface area (Å²) in [6, 6.07) is 6.51. The van der Waals surface area contributed by atoms with Crippen molar-refractivity contribution < 1.29 is 22.7 Å². The van der Waals surface area contributed by atoms with Gasteiger partial charge in [-0.3, -0.25) is 5.32 Å². The van der Waals surface area contributed by atoms with Crippen LogP contribution in [0.4, 0.5) is 23.7 Å². The van der Waals surface area contributed by atoms with E-state index in [9.17, 15) is 18.0 Å². The highest BCUT2D eigenvalue weighted by atomic mass is 19.4. The third-order valence-corrected chi connectivity index (χ3v) is 2.48. The Hall–Kier alpha value is -2.58. The minimum absolute atomic E-state index is 0.278. The van der Waals surface area contributed by atoms with Crippen LogP contribution in [0.5, 0.6) is 0 Å². The van der Waals surface area contributed by atoms with Crippen molar-refractivity contribution in [1.29, 1.82) is 0 Å². The van der Waals surface area contributed by atoms with Crippen molar-refractivity contribution >= 4 is 11.8 Å². The lowest BCUT2D eigenvalue weighted by molar-refractivity contribution is -0.159. The van der Waals surface area contributed by atoms with Gasteiger partial charge >= 0.3 is 12.3 Å². The van der Waals surface area contributed by atoms with Crippen molar-refractivity contribution in [2.75, 3.05) is 11.9 Å². The Labute approximate surface area is 117 Å². The highest BCUT2D eigenvalue weighted by molar-refractivity contribution is 5.90. The Bertz CT molecular complexity index is 639. The Kier molecular flexibility index (Phi) is 4.10. The second kappa shape index (κ2) is 5.81. The maximum Gasteiger partial charge on any atom is 0.422 e. The number of carbonyl (C=O) groups excluding carboxylic acids is 1. The van der Waals surface area contributed by atoms with Crippen molar-refractivity contribution in [2.24, 2.45) is 7.05 Å². The minimum Gasteiger partial charge on any atom is -0.440 e. The van der Waals surface area contributed by atoms with Crippen LogP contribution >= 0.6 is 0 Å². The smallest absolute Gasteiger partial charge is 0.422 e. The summed E-state index contributed by atoms with van der Waals surface area (Å²) >= 11 is 0. The predicted octanol–water partition coefficient (Wildman–Crippen LogP) is 2.59. The van der Waals surface area contributed by atoms with E-state index in [1.165, 1.54) is 12.4 Å². The van der Waals surface area contributed by atoms with E-state index in [0.717, 1.165) is 0 Å². The Morgan fingerprint density at radius 3 is 2.71 bits per heavy atom. The van der Waals surface area contributed by atoms with Crippen LogP contribution in [0.15, 0.2) is 30.6 Å². The second-order valence-corrected chi connectivity index (χ2v) is 4.13. The molecule has 0 fully saturated rings. The summed E-state index contributed by atoms with van der Waals surface area (Å²) in [7, 11) is 1.70. The maximum absolute atomic E-state index is 12.0. The molecule has 2 rings (SSSR count). The van der Waals surface area contributed by atoms with Crippen molar-refractivity contribution in [2.45, 2.75) is 6.18 Å². The number of aryl methyl sites for hydroxylation is 1. The molecule has 1 heterocycles. The number of alkyl halides is 3. The van der Waals surface area contributed by atoms with E-state index < -0.39 is 18.9 Å². The average Bonchev–Trinajstić information content (AvgIpc) is 2.82. The van der Waals surface area contributed by atoms with Gasteiger partial charge in [0.15, 0.2) is 12.4 Å². The van der Waals surface area contributed by atoms with E-state index >= 15 is 0 Å². The fraction of sp³-hybridized carbons (Fsp3) is 0.250. The highest BCUT2D eigenvalue weighted by Gasteiger charge is 2.29. The van der Waals surface area contributed by atoms with Crippen LogP contribution in [0, 0.1) is 0 Å². The molecule has 0 saturated heterocycles. The van der Waals surface area contributed by atoms with Gasteiger partial charge in [0, 0.05) is 12.6 Å². The van der Waals surface area contributed by atoms with Crippen LogP contribution in [0.1, 0.15) is 0 Å². The molecule has 6 nitrogen and oxygen atoms in total. The molecule has 21 heavy (non-hydrogen) atoms. The van der Waals surface area contributed by atoms with E-state index in [4.69, 9.17) is 0 Å². The Balaban J connectivity index is 2.14. The van der Waals surface area contributed by atoms with E-state index in [1.807, 2.05) is 0 Å². The summed E-state index contributed by atoms with van der Waals surface area (Å²) < 4.78 is 41.7. The number of hydrogen-bond acceptors (Lipinski definition) is 4. The number of amides is 1. The molecule has 1 aromatic carbocycles. The van der Waals surface area contributed by atoms with Crippen molar-refractivity contribution in [3.63, 3.8) is 0 Å². The first-order chi connectivity index (χ1) is 9.87. The third kappa shape index (κ3) is 3.94. The molecule has 0 unspecified atom stereocenters. The van der Waals surface area contributed by atoms with Gasteiger partial charge in [0.1, 0.15) is 6.33 Å². The van der Waals surface area contributed by atoms with Gasteiger partial charge in [-0.1, -0.05) is 12.1 Å². The lowest BCUT2D eigenvalue weighted by Crippen LogP contribution is -2.23. The molecule has 0 aliphatic heterocycles. The molecule has 112 valence electrons. The topological polar surface area (TPSA) is 69.0 Å². The molecule has 1 amide bonds. The molecular weight excluding hydrogens is 289 g/mol. The zero-order valence-electron chi connectivity index (χ0n) is 10.9. The fourth-order valence-electron chi connectivity index (χ4n) is 1.61. The minimum atomic E-state index is -4.57. The van der Waals surface area contributed by atoms with Crippen LogP contribution in [0.2, 0.25) is 0 Å². The predicted molar refractivity (Wildman–Crippen MR) is 67.5 cm³/mol. The van der Waals surface area contributed by atoms with Gasteiger partial charge in [-0.2, -0.15) is 13.2 Å². The second-order valence-electron chi connectivity index (χ2n) is 4.13. The molecule has 9 heteroatoms. The molecule has 0 radical (unpaired) electrons. The van der Waals surface area contributed by atoms with Crippen LogP contribution in [0.25, 0.3) is 11.4 Å². The SMILES string of the molecule is Cn1cnnc1-c1ccccc1NC(=O)OCC(F)(F)F. The summed E-state index contributed by atoms with van der Waals surface area (Å²) in [5, 5.41) is 9.84. The molecule has 0 bridgehead atoms. The summed E-state index contributed by atoms with van der Waals surface area (Å²) in [4.78, 5) is 11.4. The Morgan fingerprint density at radius 2 is 2.10 bits per heavy atom.